The lowest BCUT2D eigenvalue weighted by atomic mass is 10.3. The van der Waals surface area contributed by atoms with Gasteiger partial charge in [0.05, 0.1) is 6.54 Å². The second kappa shape index (κ2) is 4.97. The Morgan fingerprint density at radius 3 is 3.14 bits per heavy atom. The van der Waals surface area contributed by atoms with E-state index in [0.29, 0.717) is 5.69 Å². The number of hydrogen-bond acceptors (Lipinski definition) is 2. The van der Waals surface area contributed by atoms with Gasteiger partial charge in [0.25, 0.3) is 0 Å². The van der Waals surface area contributed by atoms with Crippen molar-refractivity contribution in [3.63, 3.8) is 0 Å². The molecular weight excluding hydrogens is 183 g/mol. The van der Waals surface area contributed by atoms with E-state index in [1.54, 1.807) is 0 Å². The van der Waals surface area contributed by atoms with Gasteiger partial charge in [-0.05, 0) is 12.0 Å². The monoisotopic (exact) mass is 192 g/mol. The average Bonchev–Trinajstić information content (AvgIpc) is 2.12. The number of hydrogen-bond donors (Lipinski definition) is 1. The van der Waals surface area contributed by atoms with E-state index in [2.05, 4.69) is 22.1 Å². The van der Waals surface area contributed by atoms with E-state index in [4.69, 9.17) is 0 Å². The molecule has 0 saturated carbocycles. The molecule has 0 unspecified atom stereocenters. The normalized spacial score (nSPS) is 8.71. The molecule has 0 atom stereocenters. The third kappa shape index (κ3) is 3.68. The Morgan fingerprint density at radius 2 is 2.50 bits per heavy atom. The maximum absolute atomic E-state index is 12.6. The van der Waals surface area contributed by atoms with Crippen LogP contribution >= 0.6 is 0 Å². The minimum absolute atomic E-state index is 0.147. The van der Waals surface area contributed by atoms with Gasteiger partial charge in [-0.2, -0.15) is 0 Å². The van der Waals surface area contributed by atoms with Gasteiger partial charge in [-0.1, -0.05) is 5.92 Å². The fraction of sp³-hybridized carbons (Fsp3) is 0.200. The maximum Gasteiger partial charge on any atom is 0.217 e. The first kappa shape index (κ1) is 10.2. The molecule has 1 N–H and O–H groups in total. The predicted octanol–water partition coefficient (Wildman–Crippen LogP) is 0.708. The summed E-state index contributed by atoms with van der Waals surface area (Å²) in [7, 11) is 0. The molecule has 1 amide bonds. The van der Waals surface area contributed by atoms with Crippen molar-refractivity contribution in [1.82, 2.24) is 10.3 Å². The van der Waals surface area contributed by atoms with E-state index >= 15 is 0 Å². The van der Waals surface area contributed by atoms with Crippen molar-refractivity contribution in [3.8, 4) is 11.8 Å². The van der Waals surface area contributed by atoms with Crippen LogP contribution in [0.25, 0.3) is 0 Å². The van der Waals surface area contributed by atoms with Gasteiger partial charge in [-0.25, -0.2) is 9.37 Å². The topological polar surface area (TPSA) is 42.0 Å². The zero-order valence-electron chi connectivity index (χ0n) is 7.67. The van der Waals surface area contributed by atoms with Crippen LogP contribution in [0.2, 0.25) is 0 Å². The van der Waals surface area contributed by atoms with Crippen molar-refractivity contribution in [1.29, 1.82) is 0 Å². The van der Waals surface area contributed by atoms with Gasteiger partial charge >= 0.3 is 0 Å². The third-order valence-corrected chi connectivity index (χ3v) is 1.36. The molecule has 14 heavy (non-hydrogen) atoms. The average molecular weight is 192 g/mol. The molecule has 0 spiro atoms. The first-order valence-electron chi connectivity index (χ1n) is 4.03. The van der Waals surface area contributed by atoms with Crippen LogP contribution in [0, 0.1) is 17.7 Å². The Hall–Kier alpha value is -1.89. The number of pyridine rings is 1. The van der Waals surface area contributed by atoms with Crippen LogP contribution in [0.5, 0.6) is 0 Å². The Morgan fingerprint density at radius 1 is 1.71 bits per heavy atom. The number of carbonyl (C=O) groups is 1. The lowest BCUT2D eigenvalue weighted by Gasteiger charge is -1.91. The van der Waals surface area contributed by atoms with E-state index in [0.717, 1.165) is 0 Å². The van der Waals surface area contributed by atoms with Crippen molar-refractivity contribution in [2.45, 2.75) is 6.92 Å². The van der Waals surface area contributed by atoms with Crippen LogP contribution in [0.3, 0.4) is 0 Å². The largest absolute Gasteiger partial charge is 0.345 e. The lowest BCUT2D eigenvalue weighted by molar-refractivity contribution is -0.118. The molecule has 1 heterocycles. The molecule has 0 fully saturated rings. The first-order chi connectivity index (χ1) is 6.68. The fourth-order valence-electron chi connectivity index (χ4n) is 0.777. The van der Waals surface area contributed by atoms with E-state index in [1.165, 1.54) is 25.3 Å². The maximum atomic E-state index is 12.6. The minimum Gasteiger partial charge on any atom is -0.345 e. The van der Waals surface area contributed by atoms with Crippen molar-refractivity contribution >= 4 is 5.91 Å². The smallest absolute Gasteiger partial charge is 0.217 e. The summed E-state index contributed by atoms with van der Waals surface area (Å²) >= 11 is 0. The first-order valence-corrected chi connectivity index (χ1v) is 4.03. The van der Waals surface area contributed by atoms with Crippen molar-refractivity contribution in [2.75, 3.05) is 6.54 Å². The highest BCUT2D eigenvalue weighted by Crippen LogP contribution is 1.96. The molecule has 72 valence electrons. The Labute approximate surface area is 81.4 Å². The summed E-state index contributed by atoms with van der Waals surface area (Å²) in [6, 6.07) is 2.49. The quantitative estimate of drug-likeness (QED) is 0.666. The Balaban J connectivity index is 2.55. The number of rotatable bonds is 1. The summed E-state index contributed by atoms with van der Waals surface area (Å²) in [5.41, 5.74) is 0.357. The summed E-state index contributed by atoms with van der Waals surface area (Å²) in [5.74, 6) is 4.76. The third-order valence-electron chi connectivity index (χ3n) is 1.36. The summed E-state index contributed by atoms with van der Waals surface area (Å²) in [4.78, 5) is 14.3. The standard InChI is InChI=1S/C10H9FN2O/c1-8(14)12-5-2-3-10-7-9(11)4-6-13-10/h4,6-7H,5H2,1H3,(H,12,14). The Kier molecular flexibility index (Phi) is 3.62. The van der Waals surface area contributed by atoms with Crippen LogP contribution in [-0.2, 0) is 4.79 Å². The number of halogens is 1. The second-order valence-corrected chi connectivity index (χ2v) is 2.57. The van der Waals surface area contributed by atoms with E-state index in [-0.39, 0.29) is 18.3 Å². The van der Waals surface area contributed by atoms with Gasteiger partial charge in [0.15, 0.2) is 0 Å². The molecule has 1 aromatic heterocycles. The molecule has 0 bridgehead atoms. The van der Waals surface area contributed by atoms with Crippen LogP contribution in [-0.4, -0.2) is 17.4 Å². The second-order valence-electron chi connectivity index (χ2n) is 2.57. The molecule has 3 nitrogen and oxygen atoms in total. The number of nitrogens with zero attached hydrogens (tertiary/aromatic N) is 1. The van der Waals surface area contributed by atoms with E-state index in [9.17, 15) is 9.18 Å². The van der Waals surface area contributed by atoms with E-state index < -0.39 is 0 Å². The van der Waals surface area contributed by atoms with Gasteiger partial charge in [0.1, 0.15) is 11.5 Å². The van der Waals surface area contributed by atoms with Crippen molar-refractivity contribution in [3.05, 3.63) is 29.8 Å². The van der Waals surface area contributed by atoms with Gasteiger partial charge < -0.3 is 5.32 Å². The van der Waals surface area contributed by atoms with Gasteiger partial charge in [0.2, 0.25) is 5.91 Å². The number of nitrogens with one attached hydrogen (secondary N) is 1. The fourth-order valence-corrected chi connectivity index (χ4v) is 0.777. The SMILES string of the molecule is CC(=O)NCC#Cc1cc(F)ccn1. The summed E-state index contributed by atoms with van der Waals surface area (Å²) < 4.78 is 12.6. The summed E-state index contributed by atoms with van der Waals surface area (Å²) in [6.07, 6.45) is 1.34. The summed E-state index contributed by atoms with van der Waals surface area (Å²) in [5, 5.41) is 2.50. The molecule has 0 aromatic carbocycles. The number of carbonyl (C=O) groups excluding carboxylic acids is 1. The summed E-state index contributed by atoms with van der Waals surface area (Å²) in [6.45, 7) is 1.65. The molecule has 0 aliphatic rings. The highest BCUT2D eigenvalue weighted by atomic mass is 19.1. The van der Waals surface area contributed by atoms with Crippen LogP contribution in [0.15, 0.2) is 18.3 Å². The molecule has 0 aliphatic heterocycles. The molecule has 0 saturated heterocycles. The lowest BCUT2D eigenvalue weighted by Crippen LogP contribution is -2.19. The van der Waals surface area contributed by atoms with Gasteiger partial charge in [-0.15, -0.1) is 0 Å². The van der Waals surface area contributed by atoms with Gasteiger partial charge in [-0.3, -0.25) is 4.79 Å². The van der Waals surface area contributed by atoms with Crippen LogP contribution in [0.4, 0.5) is 4.39 Å². The molecule has 4 heteroatoms. The van der Waals surface area contributed by atoms with E-state index in [1.807, 2.05) is 0 Å². The molecule has 1 aromatic rings. The number of aromatic nitrogens is 1. The molecule has 1 rings (SSSR count). The molecular formula is C10H9FN2O. The van der Waals surface area contributed by atoms with Crippen molar-refractivity contribution < 1.29 is 9.18 Å². The molecule has 0 aliphatic carbocycles. The molecule has 0 radical (unpaired) electrons. The van der Waals surface area contributed by atoms with Gasteiger partial charge in [0, 0.05) is 19.2 Å². The van der Waals surface area contributed by atoms with Crippen molar-refractivity contribution in [2.24, 2.45) is 0 Å². The number of amides is 1. The zero-order valence-corrected chi connectivity index (χ0v) is 7.67. The highest BCUT2D eigenvalue weighted by molar-refractivity contribution is 5.73. The van der Waals surface area contributed by atoms with Crippen LogP contribution < -0.4 is 5.32 Å². The highest BCUT2D eigenvalue weighted by Gasteiger charge is 1.90. The zero-order chi connectivity index (χ0) is 10.4. The van der Waals surface area contributed by atoms with Crippen LogP contribution in [0.1, 0.15) is 12.6 Å². The minimum atomic E-state index is -0.371. The predicted molar refractivity (Wildman–Crippen MR) is 49.8 cm³/mol. The Bertz CT molecular complexity index is 393.